The van der Waals surface area contributed by atoms with E-state index in [1.807, 2.05) is 0 Å². The average molecular weight is 340 g/mol. The van der Waals surface area contributed by atoms with Crippen molar-refractivity contribution in [1.82, 2.24) is 4.98 Å². The minimum Gasteiger partial charge on any atom is -0.489 e. The van der Waals surface area contributed by atoms with Gasteiger partial charge in [-0.25, -0.2) is 9.78 Å². The Balaban J connectivity index is 1.44. The third-order valence-electron chi connectivity index (χ3n) is 4.65. The van der Waals surface area contributed by atoms with Gasteiger partial charge in [-0.15, -0.1) is 0 Å². The van der Waals surface area contributed by atoms with E-state index in [2.05, 4.69) is 10.3 Å². The van der Waals surface area contributed by atoms with E-state index in [0.717, 1.165) is 5.56 Å². The zero-order valence-corrected chi connectivity index (χ0v) is 12.8. The Morgan fingerprint density at radius 1 is 1.36 bits per heavy atom. The fourth-order valence-electron chi connectivity index (χ4n) is 3.41. The molecule has 2 N–H and O–H groups in total. The number of cyclic esters (lactones) is 1. The zero-order chi connectivity index (χ0) is 17.1. The summed E-state index contributed by atoms with van der Waals surface area (Å²) < 4.78 is 16.5. The van der Waals surface area contributed by atoms with Crippen molar-refractivity contribution in [1.29, 1.82) is 0 Å². The summed E-state index contributed by atoms with van der Waals surface area (Å²) in [5.41, 5.74) is 1.49. The molecule has 25 heavy (non-hydrogen) atoms. The van der Waals surface area contributed by atoms with Crippen LogP contribution in [-0.4, -0.2) is 28.3 Å². The largest absolute Gasteiger partial charge is 0.489 e. The van der Waals surface area contributed by atoms with Gasteiger partial charge in [0.2, 0.25) is 0 Å². The van der Waals surface area contributed by atoms with Gasteiger partial charge in [-0.1, -0.05) is 0 Å². The van der Waals surface area contributed by atoms with Crippen LogP contribution in [0.1, 0.15) is 17.0 Å². The summed E-state index contributed by atoms with van der Waals surface area (Å²) >= 11 is 0. The van der Waals surface area contributed by atoms with Gasteiger partial charge in [0.1, 0.15) is 41.7 Å². The summed E-state index contributed by atoms with van der Waals surface area (Å²) in [6.07, 6.45) is 0.708. The van der Waals surface area contributed by atoms with Crippen LogP contribution in [0.4, 0.5) is 10.6 Å². The molecule has 5 rings (SSSR count). The van der Waals surface area contributed by atoms with Gasteiger partial charge in [-0.2, -0.15) is 0 Å². The first kappa shape index (κ1) is 14.1. The van der Waals surface area contributed by atoms with Gasteiger partial charge in [0.25, 0.3) is 0 Å². The second kappa shape index (κ2) is 4.85. The maximum Gasteiger partial charge on any atom is 0.413 e. The Hall–Kier alpha value is -3.29. The number of benzene rings is 1. The number of nitrogens with zero attached hydrogens (tertiary/aromatic N) is 1. The Morgan fingerprint density at radius 3 is 3.08 bits per heavy atom. The van der Waals surface area contributed by atoms with Crippen LogP contribution < -0.4 is 14.8 Å². The Labute approximate surface area is 141 Å². The first-order valence-corrected chi connectivity index (χ1v) is 7.75. The molecular formula is C17H12N2O6. The number of nitrogens with one attached hydrogen (secondary N) is 1. The van der Waals surface area contributed by atoms with E-state index in [4.69, 9.17) is 14.2 Å². The predicted molar refractivity (Wildman–Crippen MR) is 82.8 cm³/mol. The summed E-state index contributed by atoms with van der Waals surface area (Å²) in [7, 11) is 0. The number of carboxylic acid groups (broad SMARTS) is 1. The highest BCUT2D eigenvalue weighted by Crippen LogP contribution is 2.59. The van der Waals surface area contributed by atoms with Crippen LogP contribution in [-0.2, 0) is 16.1 Å². The van der Waals surface area contributed by atoms with Gasteiger partial charge in [-0.05, 0) is 24.3 Å². The second-order valence-electron chi connectivity index (χ2n) is 6.11. The molecule has 3 atom stereocenters. The van der Waals surface area contributed by atoms with Crippen LogP contribution in [0.2, 0.25) is 0 Å². The van der Waals surface area contributed by atoms with Gasteiger partial charge in [0.15, 0.2) is 0 Å². The number of anilines is 1. The van der Waals surface area contributed by atoms with E-state index in [9.17, 15) is 14.7 Å². The molecule has 3 aliphatic rings. The van der Waals surface area contributed by atoms with Crippen molar-refractivity contribution >= 4 is 17.9 Å². The van der Waals surface area contributed by atoms with Gasteiger partial charge in [-0.3, -0.25) is 10.1 Å². The van der Waals surface area contributed by atoms with Crippen molar-refractivity contribution in [3.8, 4) is 17.2 Å². The molecule has 2 aromatic rings. The maximum absolute atomic E-state index is 11.3. The third kappa shape index (κ3) is 2.10. The quantitative estimate of drug-likeness (QED) is 0.884. The summed E-state index contributed by atoms with van der Waals surface area (Å²) in [6.45, 7) is 0.0736. The molecule has 0 unspecified atom stereocenters. The van der Waals surface area contributed by atoms with Gasteiger partial charge >= 0.3 is 12.1 Å². The Kier molecular flexibility index (Phi) is 2.74. The summed E-state index contributed by atoms with van der Waals surface area (Å²) in [5, 5.41) is 11.7. The zero-order valence-electron chi connectivity index (χ0n) is 12.8. The molecule has 8 heteroatoms. The molecule has 1 fully saturated rings. The van der Waals surface area contributed by atoms with Crippen LogP contribution in [0.3, 0.4) is 0 Å². The number of aliphatic carboxylic acids is 1. The van der Waals surface area contributed by atoms with E-state index in [1.54, 1.807) is 24.3 Å². The van der Waals surface area contributed by atoms with Crippen molar-refractivity contribution in [3.63, 3.8) is 0 Å². The van der Waals surface area contributed by atoms with Crippen LogP contribution in [0.25, 0.3) is 0 Å². The topological polar surface area (TPSA) is 107 Å². The van der Waals surface area contributed by atoms with E-state index in [0.29, 0.717) is 28.6 Å². The number of aromatic nitrogens is 1. The highest BCUT2D eigenvalue weighted by molar-refractivity contribution is 5.86. The molecule has 0 radical (unpaired) electrons. The van der Waals surface area contributed by atoms with Crippen LogP contribution in [0.5, 0.6) is 17.2 Å². The fourth-order valence-corrected chi connectivity index (χ4v) is 3.41. The second-order valence-corrected chi connectivity index (χ2v) is 6.11. The molecule has 2 aliphatic heterocycles. The average Bonchev–Trinajstić information content (AvgIpc) is 3.19. The highest BCUT2D eigenvalue weighted by Gasteiger charge is 2.63. The first-order chi connectivity index (χ1) is 12.1. The van der Waals surface area contributed by atoms with E-state index < -0.39 is 18.0 Å². The number of carbonyl (C=O) groups excluding carboxylic acids is 1. The molecule has 3 heterocycles. The molecule has 0 bridgehead atoms. The molecule has 1 aromatic heterocycles. The maximum atomic E-state index is 11.3. The molecule has 1 aliphatic carbocycles. The summed E-state index contributed by atoms with van der Waals surface area (Å²) in [4.78, 5) is 26.6. The van der Waals surface area contributed by atoms with Gasteiger partial charge in [0, 0.05) is 17.7 Å². The molecule has 0 saturated heterocycles. The number of hydrogen-bond donors (Lipinski definition) is 2. The number of pyridine rings is 1. The third-order valence-corrected chi connectivity index (χ3v) is 4.65. The predicted octanol–water partition coefficient (Wildman–Crippen LogP) is 2.50. The van der Waals surface area contributed by atoms with E-state index >= 15 is 0 Å². The number of carboxylic acids is 1. The minimum atomic E-state index is -0.844. The highest BCUT2D eigenvalue weighted by atomic mass is 16.6. The van der Waals surface area contributed by atoms with Crippen LogP contribution in [0.15, 0.2) is 30.5 Å². The van der Waals surface area contributed by atoms with E-state index in [-0.39, 0.29) is 18.6 Å². The van der Waals surface area contributed by atoms with Crippen molar-refractivity contribution in [2.75, 3.05) is 5.32 Å². The summed E-state index contributed by atoms with van der Waals surface area (Å²) in [6, 6.07) is 7.03. The monoisotopic (exact) mass is 340 g/mol. The number of amides is 1. The molecule has 0 spiro atoms. The fraction of sp³-hybridized carbons (Fsp3) is 0.235. The molecule has 1 aromatic carbocycles. The molecular weight excluding hydrogens is 328 g/mol. The molecule has 8 nitrogen and oxygen atoms in total. The number of fused-ring (bicyclic) bond motifs is 4. The van der Waals surface area contributed by atoms with Crippen molar-refractivity contribution < 1.29 is 28.9 Å². The van der Waals surface area contributed by atoms with Crippen LogP contribution in [0, 0.1) is 5.92 Å². The lowest BCUT2D eigenvalue weighted by Gasteiger charge is -2.19. The smallest absolute Gasteiger partial charge is 0.413 e. The Bertz CT molecular complexity index is 927. The number of hydrogen-bond acceptors (Lipinski definition) is 6. The van der Waals surface area contributed by atoms with Crippen molar-refractivity contribution in [3.05, 3.63) is 41.6 Å². The SMILES string of the molecule is O=C1Nc2nccc(Oc3ccc4c(c3)[C@@H]3[C@H](O4)[C@H]3C(=O)O)c2CO1. The first-order valence-electron chi connectivity index (χ1n) is 7.75. The minimum absolute atomic E-state index is 0.0736. The summed E-state index contributed by atoms with van der Waals surface area (Å²) in [5.74, 6) is 0.738. The standard InChI is InChI=1S/C17H12N2O6/c20-16(21)13-12-8-5-7(1-2-10(8)25-14(12)13)24-11-3-4-18-15-9(11)6-23-17(22)19-15/h1-5,12-14H,6H2,(H,20,21)(H,18,19,22)/t12-,13-,14-/m0/s1. The lowest BCUT2D eigenvalue weighted by Crippen LogP contribution is -2.21. The Morgan fingerprint density at radius 2 is 2.24 bits per heavy atom. The van der Waals surface area contributed by atoms with Gasteiger partial charge in [0.05, 0.1) is 5.56 Å². The molecule has 1 saturated carbocycles. The van der Waals surface area contributed by atoms with Crippen molar-refractivity contribution in [2.45, 2.75) is 18.6 Å². The number of carbonyl (C=O) groups is 2. The number of ether oxygens (including phenoxy) is 3. The van der Waals surface area contributed by atoms with Gasteiger partial charge < -0.3 is 19.3 Å². The molecule has 126 valence electrons. The lowest BCUT2D eigenvalue weighted by molar-refractivity contribution is -0.139. The van der Waals surface area contributed by atoms with E-state index in [1.165, 1.54) is 6.20 Å². The normalized spacial score (nSPS) is 24.8. The lowest BCUT2D eigenvalue weighted by atomic mass is 10.1. The number of rotatable bonds is 3. The van der Waals surface area contributed by atoms with Crippen molar-refractivity contribution in [2.24, 2.45) is 5.92 Å². The van der Waals surface area contributed by atoms with Crippen LogP contribution >= 0.6 is 0 Å². The molecule has 1 amide bonds.